The Kier molecular flexibility index (Phi) is 6.70. The van der Waals surface area contributed by atoms with Crippen LogP contribution in [-0.4, -0.2) is 47.7 Å². The van der Waals surface area contributed by atoms with Crippen molar-refractivity contribution in [3.8, 4) is 11.6 Å². The van der Waals surface area contributed by atoms with Crippen LogP contribution in [0.3, 0.4) is 0 Å². The van der Waals surface area contributed by atoms with Crippen LogP contribution < -0.4 is 14.8 Å². The summed E-state index contributed by atoms with van der Waals surface area (Å²) in [4.78, 5) is 22.7. The van der Waals surface area contributed by atoms with Crippen LogP contribution in [0, 0.1) is 11.8 Å². The van der Waals surface area contributed by atoms with Gasteiger partial charge in [-0.3, -0.25) is 5.32 Å². The second-order valence-electron chi connectivity index (χ2n) is 8.34. The minimum absolute atomic E-state index is 0.156. The van der Waals surface area contributed by atoms with Crippen LogP contribution in [0.5, 0.6) is 11.6 Å². The largest absolute Gasteiger partial charge is 0.494 e. The summed E-state index contributed by atoms with van der Waals surface area (Å²) in [6.07, 6.45) is 9.93. The van der Waals surface area contributed by atoms with E-state index in [0.717, 1.165) is 36.7 Å². The van der Waals surface area contributed by atoms with E-state index < -0.39 is 0 Å². The van der Waals surface area contributed by atoms with Crippen LogP contribution >= 0.6 is 0 Å². The molecule has 1 aliphatic carbocycles. The Morgan fingerprint density at radius 2 is 2.16 bits per heavy atom. The lowest BCUT2D eigenvalue weighted by atomic mass is 9.91. The van der Waals surface area contributed by atoms with Crippen molar-refractivity contribution in [2.75, 3.05) is 32.1 Å². The summed E-state index contributed by atoms with van der Waals surface area (Å²) < 4.78 is 10.9. The molecule has 0 spiro atoms. The Balaban J connectivity index is 1.31. The Hall–Kier alpha value is -3.09. The lowest BCUT2D eigenvalue weighted by Gasteiger charge is -2.33. The monoisotopic (exact) mass is 422 g/mol. The van der Waals surface area contributed by atoms with E-state index in [1.807, 2.05) is 17.0 Å². The number of likely N-dealkylation sites (tertiary alicyclic amines) is 1. The summed E-state index contributed by atoms with van der Waals surface area (Å²) in [6, 6.07) is 8.12. The molecule has 1 saturated carbocycles. The average Bonchev–Trinajstić information content (AvgIpc) is 3.60. The predicted octanol–water partition coefficient (Wildman–Crippen LogP) is 4.62. The van der Waals surface area contributed by atoms with Gasteiger partial charge in [-0.05, 0) is 42.4 Å². The third-order valence-electron chi connectivity index (χ3n) is 5.86. The van der Waals surface area contributed by atoms with E-state index in [1.54, 1.807) is 0 Å². The van der Waals surface area contributed by atoms with Gasteiger partial charge in [-0.25, -0.2) is 14.8 Å². The Morgan fingerprint density at radius 1 is 1.29 bits per heavy atom. The van der Waals surface area contributed by atoms with Gasteiger partial charge >= 0.3 is 6.03 Å². The topological polar surface area (TPSA) is 76.6 Å². The number of carbonyl (C=O) groups excluding carboxylic acids is 1. The van der Waals surface area contributed by atoms with Gasteiger partial charge in [0.2, 0.25) is 5.88 Å². The first kappa shape index (κ1) is 21.2. The molecule has 0 radical (unpaired) electrons. The molecule has 1 N–H and O–H groups in total. The van der Waals surface area contributed by atoms with Crippen molar-refractivity contribution in [2.45, 2.75) is 32.6 Å². The maximum Gasteiger partial charge on any atom is 0.323 e. The molecule has 0 bridgehead atoms. The minimum Gasteiger partial charge on any atom is -0.494 e. The quantitative estimate of drug-likeness (QED) is 0.704. The summed E-state index contributed by atoms with van der Waals surface area (Å²) in [5.41, 5.74) is 2.50. The molecule has 1 saturated heterocycles. The number of urea groups is 1. The van der Waals surface area contributed by atoms with E-state index in [9.17, 15) is 4.79 Å². The molecule has 2 heterocycles. The zero-order valence-corrected chi connectivity index (χ0v) is 18.2. The summed E-state index contributed by atoms with van der Waals surface area (Å²) in [6.45, 7) is 4.29. The summed E-state index contributed by atoms with van der Waals surface area (Å²) in [5, 5.41) is 2.81. The molecule has 1 aromatic heterocycles. The van der Waals surface area contributed by atoms with Gasteiger partial charge in [-0.2, -0.15) is 0 Å². The zero-order valence-electron chi connectivity index (χ0n) is 18.2. The van der Waals surface area contributed by atoms with Crippen LogP contribution in [-0.2, 0) is 0 Å². The van der Waals surface area contributed by atoms with E-state index in [1.165, 1.54) is 37.9 Å². The van der Waals surface area contributed by atoms with Crippen molar-refractivity contribution >= 4 is 17.9 Å². The highest BCUT2D eigenvalue weighted by Crippen LogP contribution is 2.32. The van der Waals surface area contributed by atoms with Crippen molar-refractivity contribution in [1.82, 2.24) is 14.9 Å². The molecule has 2 aromatic rings. The Bertz CT molecular complexity index is 925. The molecule has 7 heteroatoms. The second kappa shape index (κ2) is 9.81. The third-order valence-corrected chi connectivity index (χ3v) is 5.86. The number of benzene rings is 1. The van der Waals surface area contributed by atoms with Crippen LogP contribution in [0.4, 0.5) is 10.6 Å². The lowest BCUT2D eigenvalue weighted by Crippen LogP contribution is -2.42. The van der Waals surface area contributed by atoms with Crippen LogP contribution in [0.15, 0.2) is 42.2 Å². The molecule has 1 atom stereocenters. The molecule has 4 rings (SSSR count). The van der Waals surface area contributed by atoms with Crippen LogP contribution in [0.25, 0.3) is 6.08 Å². The Morgan fingerprint density at radius 3 is 2.87 bits per heavy atom. The van der Waals surface area contributed by atoms with E-state index in [2.05, 4.69) is 40.4 Å². The van der Waals surface area contributed by atoms with Gasteiger partial charge in [0.1, 0.15) is 5.75 Å². The summed E-state index contributed by atoms with van der Waals surface area (Å²) >= 11 is 0. The number of hydrogen-bond acceptors (Lipinski definition) is 5. The molecule has 1 aromatic carbocycles. The summed E-state index contributed by atoms with van der Waals surface area (Å²) in [7, 11) is 1.53. The number of carbonyl (C=O) groups is 1. The van der Waals surface area contributed by atoms with Crippen LogP contribution in [0.1, 0.15) is 38.2 Å². The molecule has 2 amide bonds. The van der Waals surface area contributed by atoms with E-state index in [-0.39, 0.29) is 11.9 Å². The zero-order chi connectivity index (χ0) is 21.6. The molecule has 1 aliphatic heterocycles. The first-order valence-corrected chi connectivity index (χ1v) is 11.0. The number of anilines is 1. The number of piperidine rings is 1. The molecule has 164 valence electrons. The molecular weight excluding hydrogens is 392 g/mol. The Labute approximate surface area is 183 Å². The standard InChI is InChI=1S/C24H30N4O3/c1-17-16-28(24(29)27-22-14-26-23(30-2)15-25-22)10-8-20(17)12-19-4-3-5-21(13-19)31-11-9-18-6-7-18/h3-5,12-15,17-18H,6-11,16H2,1-2H3,(H,25,27,29)/b20-12+. The number of ether oxygens (including phenoxy) is 2. The van der Waals surface area contributed by atoms with Gasteiger partial charge in [0.25, 0.3) is 0 Å². The van der Waals surface area contributed by atoms with Gasteiger partial charge in [0.15, 0.2) is 5.82 Å². The minimum atomic E-state index is -0.156. The molecule has 31 heavy (non-hydrogen) atoms. The van der Waals surface area contributed by atoms with Crippen LogP contribution in [0.2, 0.25) is 0 Å². The molecule has 1 unspecified atom stereocenters. The fraction of sp³-hybridized carbons (Fsp3) is 0.458. The van der Waals surface area contributed by atoms with Crippen molar-refractivity contribution < 1.29 is 14.3 Å². The third kappa shape index (κ3) is 5.96. The van der Waals surface area contributed by atoms with E-state index >= 15 is 0 Å². The summed E-state index contributed by atoms with van der Waals surface area (Å²) in [5.74, 6) is 2.92. The van der Waals surface area contributed by atoms with E-state index in [0.29, 0.717) is 24.8 Å². The number of aromatic nitrogens is 2. The van der Waals surface area contributed by atoms with Crippen molar-refractivity contribution in [2.24, 2.45) is 11.8 Å². The van der Waals surface area contributed by atoms with Crippen molar-refractivity contribution in [3.05, 3.63) is 47.8 Å². The lowest BCUT2D eigenvalue weighted by molar-refractivity contribution is 0.197. The van der Waals surface area contributed by atoms with Gasteiger partial charge in [-0.1, -0.05) is 43.5 Å². The number of rotatable bonds is 7. The SMILES string of the molecule is COc1cnc(NC(=O)N2CC/C(=C\c3cccc(OCCC4CC4)c3)C(C)C2)cn1. The second-order valence-corrected chi connectivity index (χ2v) is 8.34. The van der Waals surface area contributed by atoms with Gasteiger partial charge in [-0.15, -0.1) is 0 Å². The number of hydrogen-bond donors (Lipinski definition) is 1. The van der Waals surface area contributed by atoms with Gasteiger partial charge < -0.3 is 14.4 Å². The normalized spacial score (nSPS) is 19.9. The highest BCUT2D eigenvalue weighted by atomic mass is 16.5. The van der Waals surface area contributed by atoms with Crippen molar-refractivity contribution in [3.63, 3.8) is 0 Å². The smallest absolute Gasteiger partial charge is 0.323 e. The number of amides is 2. The van der Waals surface area contributed by atoms with Gasteiger partial charge in [0.05, 0.1) is 26.1 Å². The fourth-order valence-electron chi connectivity index (χ4n) is 3.78. The molecule has 2 fully saturated rings. The first-order valence-electron chi connectivity index (χ1n) is 11.0. The molecule has 7 nitrogen and oxygen atoms in total. The number of methoxy groups -OCH3 is 1. The maximum atomic E-state index is 12.6. The number of nitrogens with one attached hydrogen (secondary N) is 1. The van der Waals surface area contributed by atoms with E-state index in [4.69, 9.17) is 9.47 Å². The number of nitrogens with zero attached hydrogens (tertiary/aromatic N) is 3. The van der Waals surface area contributed by atoms with Crippen molar-refractivity contribution in [1.29, 1.82) is 0 Å². The fourth-order valence-corrected chi connectivity index (χ4v) is 3.78. The average molecular weight is 423 g/mol. The maximum absolute atomic E-state index is 12.6. The molecule has 2 aliphatic rings. The molecular formula is C24H30N4O3. The highest BCUT2D eigenvalue weighted by Gasteiger charge is 2.25. The first-order chi connectivity index (χ1) is 15.1. The highest BCUT2D eigenvalue weighted by molar-refractivity contribution is 5.88. The van der Waals surface area contributed by atoms with Gasteiger partial charge in [0, 0.05) is 13.1 Å². The predicted molar refractivity (Wildman–Crippen MR) is 120 cm³/mol.